The fourth-order valence-corrected chi connectivity index (χ4v) is 3.39. The molecule has 23 heavy (non-hydrogen) atoms. The Bertz CT molecular complexity index is 969. The molecule has 3 heterocycles. The van der Waals surface area contributed by atoms with Crippen molar-refractivity contribution in [2.75, 3.05) is 11.4 Å². The molecule has 0 fully saturated rings. The summed E-state index contributed by atoms with van der Waals surface area (Å²) in [5.74, 6) is 0.716. The van der Waals surface area contributed by atoms with Crippen molar-refractivity contribution >= 4 is 17.0 Å². The number of rotatable bonds is 1. The lowest BCUT2D eigenvalue weighted by molar-refractivity contribution is 0.671. The van der Waals surface area contributed by atoms with Crippen molar-refractivity contribution < 1.29 is 0 Å². The van der Waals surface area contributed by atoms with E-state index < -0.39 is 0 Å². The Kier molecular flexibility index (Phi) is 3.01. The zero-order valence-electron chi connectivity index (χ0n) is 13.6. The second-order valence-electron chi connectivity index (χ2n) is 6.12. The molecule has 0 saturated heterocycles. The van der Waals surface area contributed by atoms with Gasteiger partial charge in [0.1, 0.15) is 5.52 Å². The van der Waals surface area contributed by atoms with Crippen LogP contribution in [0.3, 0.4) is 0 Å². The van der Waals surface area contributed by atoms with E-state index in [-0.39, 0.29) is 5.56 Å². The predicted molar refractivity (Wildman–Crippen MR) is 89.7 cm³/mol. The first-order chi connectivity index (χ1) is 11.1. The maximum absolute atomic E-state index is 12.7. The van der Waals surface area contributed by atoms with E-state index in [0.717, 1.165) is 25.2 Å². The van der Waals surface area contributed by atoms with Gasteiger partial charge in [-0.05, 0) is 24.5 Å². The Hall–Kier alpha value is -2.63. The molecule has 0 atom stereocenters. The summed E-state index contributed by atoms with van der Waals surface area (Å²) >= 11 is 0. The summed E-state index contributed by atoms with van der Waals surface area (Å²) in [7, 11) is 3.57. The minimum Gasteiger partial charge on any atom is -0.337 e. The predicted octanol–water partition coefficient (Wildman–Crippen LogP) is 1.54. The molecule has 0 spiro atoms. The molecule has 1 aromatic carbocycles. The van der Waals surface area contributed by atoms with Gasteiger partial charge in [-0.15, -0.1) is 0 Å². The van der Waals surface area contributed by atoms with E-state index >= 15 is 0 Å². The molecule has 0 bridgehead atoms. The van der Waals surface area contributed by atoms with E-state index in [1.165, 1.54) is 11.1 Å². The molecule has 6 nitrogen and oxygen atoms in total. The van der Waals surface area contributed by atoms with Crippen molar-refractivity contribution in [3.8, 4) is 0 Å². The van der Waals surface area contributed by atoms with Crippen molar-refractivity contribution in [3.05, 3.63) is 51.4 Å². The molecule has 0 N–H and O–H groups in total. The maximum atomic E-state index is 12.7. The van der Waals surface area contributed by atoms with Crippen molar-refractivity contribution in [3.63, 3.8) is 0 Å². The largest absolute Gasteiger partial charge is 0.337 e. The van der Waals surface area contributed by atoms with E-state index in [4.69, 9.17) is 4.98 Å². The van der Waals surface area contributed by atoms with Gasteiger partial charge in [-0.1, -0.05) is 24.3 Å². The first-order valence-electron chi connectivity index (χ1n) is 7.78. The molecule has 0 radical (unpaired) electrons. The Balaban J connectivity index is 1.86. The normalized spacial score (nSPS) is 14.3. The number of benzene rings is 1. The van der Waals surface area contributed by atoms with Crippen LogP contribution in [0, 0.1) is 6.92 Å². The number of aromatic nitrogens is 4. The van der Waals surface area contributed by atoms with Gasteiger partial charge >= 0.3 is 0 Å². The fraction of sp³-hybridized carbons (Fsp3) is 0.353. The van der Waals surface area contributed by atoms with Crippen molar-refractivity contribution in [2.24, 2.45) is 14.1 Å². The minimum atomic E-state index is -0.0491. The van der Waals surface area contributed by atoms with Crippen LogP contribution in [-0.2, 0) is 27.1 Å². The molecule has 2 aromatic heterocycles. The van der Waals surface area contributed by atoms with Gasteiger partial charge in [0.05, 0.1) is 5.69 Å². The van der Waals surface area contributed by atoms with Crippen LogP contribution in [0.2, 0.25) is 0 Å². The summed E-state index contributed by atoms with van der Waals surface area (Å²) in [6.45, 7) is 3.54. The zero-order valence-corrected chi connectivity index (χ0v) is 13.6. The summed E-state index contributed by atoms with van der Waals surface area (Å²) in [5, 5.41) is 4.34. The highest BCUT2D eigenvalue weighted by atomic mass is 16.1. The Labute approximate surface area is 134 Å². The maximum Gasteiger partial charge on any atom is 0.280 e. The van der Waals surface area contributed by atoms with Crippen molar-refractivity contribution in [2.45, 2.75) is 19.9 Å². The molecule has 0 amide bonds. The molecule has 118 valence electrons. The second-order valence-corrected chi connectivity index (χ2v) is 6.12. The highest BCUT2D eigenvalue weighted by molar-refractivity contribution is 5.77. The molecular formula is C17H19N5O. The van der Waals surface area contributed by atoms with Crippen LogP contribution in [0.4, 0.5) is 5.95 Å². The summed E-state index contributed by atoms with van der Waals surface area (Å²) in [6.07, 6.45) is 0.968. The molecule has 1 aliphatic heterocycles. The molecule has 0 aliphatic carbocycles. The summed E-state index contributed by atoms with van der Waals surface area (Å²) in [5.41, 5.74) is 4.69. The van der Waals surface area contributed by atoms with E-state index in [1.54, 1.807) is 23.3 Å². The first-order valence-corrected chi connectivity index (χ1v) is 7.78. The van der Waals surface area contributed by atoms with Crippen LogP contribution in [-0.4, -0.2) is 25.9 Å². The number of anilines is 1. The lowest BCUT2D eigenvalue weighted by atomic mass is 10.0. The molecule has 0 unspecified atom stereocenters. The van der Waals surface area contributed by atoms with Gasteiger partial charge in [0.2, 0.25) is 5.95 Å². The van der Waals surface area contributed by atoms with Crippen LogP contribution < -0.4 is 10.5 Å². The van der Waals surface area contributed by atoms with Gasteiger partial charge in [0, 0.05) is 27.2 Å². The van der Waals surface area contributed by atoms with Gasteiger partial charge in [-0.25, -0.2) is 4.98 Å². The Morgan fingerprint density at radius 3 is 2.65 bits per heavy atom. The second kappa shape index (κ2) is 4.94. The van der Waals surface area contributed by atoms with Crippen LogP contribution in [0.25, 0.3) is 11.0 Å². The number of fused-ring (bicyclic) bond motifs is 2. The van der Waals surface area contributed by atoms with Crippen molar-refractivity contribution in [1.29, 1.82) is 0 Å². The first kappa shape index (κ1) is 14.0. The smallest absolute Gasteiger partial charge is 0.280 e. The van der Waals surface area contributed by atoms with Crippen LogP contribution >= 0.6 is 0 Å². The Morgan fingerprint density at radius 2 is 1.87 bits per heavy atom. The molecule has 6 heteroatoms. The van der Waals surface area contributed by atoms with Gasteiger partial charge in [0.15, 0.2) is 5.52 Å². The number of hydrogen-bond acceptors (Lipinski definition) is 4. The van der Waals surface area contributed by atoms with E-state index in [2.05, 4.69) is 34.3 Å². The average molecular weight is 309 g/mol. The van der Waals surface area contributed by atoms with Gasteiger partial charge in [-0.2, -0.15) is 5.10 Å². The van der Waals surface area contributed by atoms with E-state index in [9.17, 15) is 4.79 Å². The Morgan fingerprint density at radius 1 is 1.13 bits per heavy atom. The fourth-order valence-electron chi connectivity index (χ4n) is 3.39. The minimum absolute atomic E-state index is 0.0491. The molecule has 3 aromatic rings. The summed E-state index contributed by atoms with van der Waals surface area (Å²) in [6, 6.07) is 8.46. The summed E-state index contributed by atoms with van der Waals surface area (Å²) in [4.78, 5) is 19.6. The molecule has 4 rings (SSSR count). The third-order valence-corrected chi connectivity index (χ3v) is 4.62. The third kappa shape index (κ3) is 2.05. The standard InChI is InChI=1S/C17H19N5O/c1-11-14-15(21(3)19-11)16(23)20(2)17(18-14)22-9-8-12-6-4-5-7-13(12)10-22/h4-7H,8-10H2,1-3H3. The summed E-state index contributed by atoms with van der Waals surface area (Å²) < 4.78 is 3.26. The lowest BCUT2D eigenvalue weighted by Gasteiger charge is -2.30. The highest BCUT2D eigenvalue weighted by Crippen LogP contribution is 2.23. The molecule has 1 aliphatic rings. The van der Waals surface area contributed by atoms with Gasteiger partial charge in [-0.3, -0.25) is 14.0 Å². The van der Waals surface area contributed by atoms with Crippen molar-refractivity contribution in [1.82, 2.24) is 19.3 Å². The average Bonchev–Trinajstić information content (AvgIpc) is 2.84. The molecular weight excluding hydrogens is 290 g/mol. The number of aryl methyl sites for hydroxylation is 2. The molecule has 0 saturated carbocycles. The number of nitrogens with zero attached hydrogens (tertiary/aromatic N) is 5. The van der Waals surface area contributed by atoms with E-state index in [1.807, 2.05) is 6.92 Å². The van der Waals surface area contributed by atoms with Crippen LogP contribution in [0.1, 0.15) is 16.8 Å². The topological polar surface area (TPSA) is 56.0 Å². The third-order valence-electron chi connectivity index (χ3n) is 4.62. The highest BCUT2D eigenvalue weighted by Gasteiger charge is 2.22. The SMILES string of the molecule is Cc1nn(C)c2c(=O)n(C)c(N3CCc4ccccc4C3)nc12. The van der Waals surface area contributed by atoms with Gasteiger partial charge in [0.25, 0.3) is 5.56 Å². The quantitative estimate of drug-likeness (QED) is 0.684. The van der Waals surface area contributed by atoms with Gasteiger partial charge < -0.3 is 4.90 Å². The van der Waals surface area contributed by atoms with Crippen LogP contribution in [0.5, 0.6) is 0 Å². The van der Waals surface area contributed by atoms with E-state index in [0.29, 0.717) is 17.0 Å². The lowest BCUT2D eigenvalue weighted by Crippen LogP contribution is -2.36. The monoisotopic (exact) mass is 309 g/mol. The zero-order chi connectivity index (χ0) is 16.1. The van der Waals surface area contributed by atoms with Crippen LogP contribution in [0.15, 0.2) is 29.1 Å². The number of hydrogen-bond donors (Lipinski definition) is 0.